The van der Waals surface area contributed by atoms with Crippen LogP contribution in [0.4, 0.5) is 0 Å². The van der Waals surface area contributed by atoms with E-state index in [1.165, 1.54) is 27.8 Å². The molecule has 8 atom stereocenters. The number of nitrogens with zero attached hydrogens (tertiary/aromatic N) is 24. The van der Waals surface area contributed by atoms with Crippen LogP contribution >= 0.6 is 11.3 Å². The molecule has 19 N–H and O–H groups in total. The van der Waals surface area contributed by atoms with Crippen molar-refractivity contribution in [1.82, 2.24) is 108 Å². The van der Waals surface area contributed by atoms with Crippen LogP contribution in [-0.2, 0) is 51.4 Å². The molecule has 141 heavy (non-hydrogen) atoms. The molecular weight excluding hydrogens is 1820 g/mol. The van der Waals surface area contributed by atoms with Crippen LogP contribution in [0.1, 0.15) is 99.9 Å². The molecule has 0 spiro atoms. The molecule has 0 radical (unpaired) electrons. The Bertz CT molecular complexity index is 5380. The average Bonchev–Trinajstić information content (AvgIpc) is 1.41. The lowest BCUT2D eigenvalue weighted by Crippen LogP contribution is -2.61. The van der Waals surface area contributed by atoms with Gasteiger partial charge in [0, 0.05) is 144 Å². The summed E-state index contributed by atoms with van der Waals surface area (Å²) in [4.78, 5) is 85.7. The summed E-state index contributed by atoms with van der Waals surface area (Å²) in [6.45, 7) is 22.0. The van der Waals surface area contributed by atoms with Crippen molar-refractivity contribution < 1.29 is 30.9 Å². The summed E-state index contributed by atoms with van der Waals surface area (Å²) in [6, 6.07) is 15.9. The van der Waals surface area contributed by atoms with Crippen molar-refractivity contribution in [3.8, 4) is 0 Å². The monoisotopic (exact) mass is 1970 g/mol. The maximum atomic E-state index is 5.66. The number of likely N-dealkylation sites (N-methyl/N-ethyl adjacent to an activating group) is 4. The zero-order valence-electron chi connectivity index (χ0n) is 85.0. The fourth-order valence-corrected chi connectivity index (χ4v) is 14.2. The highest BCUT2D eigenvalue weighted by atomic mass is 32.1. The molecule has 8 unspecified atom stereocenters. The predicted octanol–water partition coefficient (Wildman–Crippen LogP) is 4.76. The minimum absolute atomic E-state index is 0.0128. The second-order valence-corrected chi connectivity index (χ2v) is 34.6. The first-order valence-electron chi connectivity index (χ1n) is 46.6. The molecular formula is C93H146N40O7S. The number of thiophene rings is 1. The first-order valence-corrected chi connectivity index (χ1v) is 47.6. The quantitative estimate of drug-likeness (QED) is 0.0387. The molecule has 0 saturated carbocycles. The van der Waals surface area contributed by atoms with Crippen LogP contribution in [0.2, 0.25) is 0 Å². The summed E-state index contributed by atoms with van der Waals surface area (Å²) in [5.74, 6) is 11.6. The van der Waals surface area contributed by atoms with E-state index in [2.05, 4.69) is 188 Å². The Morgan fingerprint density at radius 2 is 0.617 bits per heavy atom. The van der Waals surface area contributed by atoms with Crippen molar-refractivity contribution in [3.05, 3.63) is 191 Å². The van der Waals surface area contributed by atoms with E-state index >= 15 is 0 Å². The van der Waals surface area contributed by atoms with Crippen molar-refractivity contribution >= 4 is 107 Å². The van der Waals surface area contributed by atoms with Gasteiger partial charge in [-0.05, 0) is 211 Å². The maximum absolute atomic E-state index is 5.66. The molecule has 1 saturated heterocycles. The van der Waals surface area contributed by atoms with E-state index < -0.39 is 0 Å². The van der Waals surface area contributed by atoms with Crippen LogP contribution in [0.5, 0.6) is 0 Å². The zero-order chi connectivity index (χ0) is 102. The van der Waals surface area contributed by atoms with E-state index in [1.54, 1.807) is 113 Å². The Hall–Kier alpha value is -15.4. The van der Waals surface area contributed by atoms with Gasteiger partial charge in [-0.15, -0.1) is 0 Å². The molecule has 766 valence electrons. The van der Waals surface area contributed by atoms with E-state index in [9.17, 15) is 0 Å². The van der Waals surface area contributed by atoms with Gasteiger partial charge >= 0.3 is 0 Å². The van der Waals surface area contributed by atoms with Gasteiger partial charge in [0.2, 0.25) is 41.7 Å². The van der Waals surface area contributed by atoms with Gasteiger partial charge in [0.25, 0.3) is 0 Å². The second kappa shape index (κ2) is 57.7. The molecule has 16 heterocycles. The predicted molar refractivity (Wildman–Crippen MR) is 564 cm³/mol. The topological polar surface area (TPSA) is 550 Å². The zero-order valence-corrected chi connectivity index (χ0v) is 85.8. The molecule has 8 aliphatic rings. The number of aliphatic imine (C=N–C) groups is 16. The third-order valence-electron chi connectivity index (χ3n) is 20.9. The van der Waals surface area contributed by atoms with Gasteiger partial charge in [-0.2, -0.15) is 11.3 Å². The maximum Gasteiger partial charge on any atom is 0.205 e. The molecule has 48 heteroatoms. The minimum Gasteiger partial charge on any atom is -0.472 e. The molecule has 0 amide bonds. The van der Waals surface area contributed by atoms with E-state index in [1.807, 2.05) is 193 Å². The van der Waals surface area contributed by atoms with E-state index in [-0.39, 0.29) is 49.3 Å². The summed E-state index contributed by atoms with van der Waals surface area (Å²) >= 11 is 1.71. The number of guanidine groups is 16. The largest absolute Gasteiger partial charge is 0.472 e. The van der Waals surface area contributed by atoms with E-state index in [0.717, 1.165) is 166 Å². The average molecular weight is 1970 g/mol. The Balaban J connectivity index is 0.000000180. The molecule has 0 aliphatic carbocycles. The van der Waals surface area contributed by atoms with Crippen molar-refractivity contribution in [2.45, 2.75) is 156 Å². The Labute approximate surface area is 830 Å². The highest BCUT2D eigenvalue weighted by Gasteiger charge is 2.27. The van der Waals surface area contributed by atoms with Gasteiger partial charge in [0.05, 0.1) is 93.9 Å². The van der Waals surface area contributed by atoms with Crippen LogP contribution in [-0.4, -0.2) is 328 Å². The Morgan fingerprint density at radius 1 is 0.312 bits per heavy atom. The summed E-state index contributed by atoms with van der Waals surface area (Å²) < 4.78 is 35.2. The highest BCUT2D eigenvalue weighted by Crippen LogP contribution is 2.15. The van der Waals surface area contributed by atoms with E-state index in [0.29, 0.717) is 49.4 Å². The van der Waals surface area contributed by atoms with Crippen LogP contribution in [0.3, 0.4) is 0 Å². The van der Waals surface area contributed by atoms with E-state index in [4.69, 9.17) is 48.1 Å². The molecule has 1 fully saturated rings. The molecule has 8 aromatic heterocycles. The molecule has 0 bridgehead atoms. The standard InChI is InChI=1S/C14H23N5O.C13H21N5O.2C12H19N5O.2C11H17N5O.C10H15N5O.C10H15N5S/c1-11-15-13(17(2)3)19(5)14(16-11)18(4)8-6-12-7-9-20-10-12;1-10-14-12(17(2)3)16-13(15-10)18(4)7-5-11-6-8-19-9-11;1-9-14-11(16-12(15-9)17(2)3)13-6-4-10-5-7-18-8-10;1-9-14-11(13-2)16-12(15-9)17(3)6-4-10-5-7-18-8-10;1-8-13-10(12)15-11(14-8)16(2)5-3-9-4-6-17-7-9;1-8-14-10(12-2)16-11(15-8)13-5-3-9-4-6-17-7-9;2*1-7-13-9(11)15-10(14-7)12-4-2-8-3-5-16-6-8/h7,9-11H,6,8H2,1-5H3;6,8-10H,5,7H2,1-4H3,(H,14,15,16);2*5,7-9H,4,6H2,1-3H3,(H2,13,14,15,16);4,6-8H,3,5H2,1-2H3,(H3,12,13,14,15);4,6-8H,3,5H2,1-2H3,(H3,12,13,14,15,16);2*3,5-7H,2,4H2,1H3,(H4,11,12,13,14,15). The number of hydrogen-bond acceptors (Lipinski definition) is 37. The lowest BCUT2D eigenvalue weighted by Gasteiger charge is -2.35. The Morgan fingerprint density at radius 3 is 0.993 bits per heavy atom. The molecule has 47 nitrogen and oxygen atoms in total. The lowest BCUT2D eigenvalue weighted by atomic mass is 10.2. The van der Waals surface area contributed by atoms with Gasteiger partial charge in [-0.3, -0.25) is 72.1 Å². The fourth-order valence-electron chi connectivity index (χ4n) is 13.5. The number of nitrogens with two attached hydrogens (primary N) is 3. The van der Waals surface area contributed by atoms with Crippen LogP contribution in [0.15, 0.2) is 258 Å². The van der Waals surface area contributed by atoms with Gasteiger partial charge in [-0.25, -0.2) is 49.9 Å². The van der Waals surface area contributed by atoms with Gasteiger partial charge in [-0.1, -0.05) is 0 Å². The van der Waals surface area contributed by atoms with Crippen molar-refractivity contribution in [2.75, 3.05) is 144 Å². The van der Waals surface area contributed by atoms with Gasteiger partial charge in [0.1, 0.15) is 43.2 Å². The van der Waals surface area contributed by atoms with Crippen LogP contribution in [0.25, 0.3) is 0 Å². The summed E-state index contributed by atoms with van der Waals surface area (Å²) in [6.07, 6.45) is 31.2. The molecule has 8 aliphatic heterocycles. The van der Waals surface area contributed by atoms with Crippen LogP contribution in [0, 0.1) is 0 Å². The smallest absolute Gasteiger partial charge is 0.205 e. The number of nitrogens with one attached hydrogen (secondary N) is 13. The van der Waals surface area contributed by atoms with Gasteiger partial charge < -0.3 is 114 Å². The van der Waals surface area contributed by atoms with Crippen LogP contribution < -0.4 is 86.3 Å². The number of hydrogen-bond donors (Lipinski definition) is 16. The van der Waals surface area contributed by atoms with Crippen molar-refractivity contribution in [3.63, 3.8) is 0 Å². The SMILES string of the molecule is CC1N=C(N(C)C)N(C)C(N(C)CCc2ccoc2)=N1.CC1N=C(N(C)C)NC(=NCCc2ccoc2)N1.CC1N=C(N(C)C)NC(N(C)CCc2ccoc2)=N1.CC1N=C(N)NC(=NCCc2ccoc2)N1.CC1N=C(N)NC(=NCCc2ccsc2)N1.CC1N=C(N)NC(N(C)CCc2ccoc2)=N1.CN=C1NC(=NCCc2ccoc2)NC(C)N1.CN=C1NC(N(C)CCc2ccoc2)=NC(C)N1. The molecule has 8 aromatic rings. The normalized spacial score (nSPS) is 20.9. The number of furan rings is 7. The molecule has 0 aromatic carbocycles. The van der Waals surface area contributed by atoms with Gasteiger partial charge in [0.15, 0.2) is 53.6 Å². The summed E-state index contributed by atoms with van der Waals surface area (Å²) in [5, 5.41) is 44.4. The second-order valence-electron chi connectivity index (χ2n) is 33.8. The Kier molecular flexibility index (Phi) is 44.7. The number of rotatable bonds is 24. The summed E-state index contributed by atoms with van der Waals surface area (Å²) in [7, 11) is 25.4. The third kappa shape index (κ3) is 39.9. The summed E-state index contributed by atoms with van der Waals surface area (Å²) in [5.41, 5.74) is 26.4. The highest BCUT2D eigenvalue weighted by molar-refractivity contribution is 7.08. The first kappa shape index (κ1) is 109. The minimum atomic E-state index is -0.123. The van der Waals surface area contributed by atoms with Crippen molar-refractivity contribution in [1.29, 1.82) is 0 Å². The first-order chi connectivity index (χ1) is 67.8. The molecule has 16 rings (SSSR count). The third-order valence-corrected chi connectivity index (χ3v) is 21.6. The fraction of sp³-hybridized carbons (Fsp3) is 0.484. The lowest BCUT2D eigenvalue weighted by molar-refractivity contribution is 0.411. The van der Waals surface area contributed by atoms with Crippen molar-refractivity contribution in [2.24, 2.45) is 97.1 Å².